The third-order valence-corrected chi connectivity index (χ3v) is 4.20. The Bertz CT molecular complexity index is 375. The summed E-state index contributed by atoms with van der Waals surface area (Å²) in [4.78, 5) is 0. The quantitative estimate of drug-likeness (QED) is 0.812. The lowest BCUT2D eigenvalue weighted by molar-refractivity contribution is 0.324. The lowest BCUT2D eigenvalue weighted by atomic mass is 9.95. The average Bonchev–Trinajstić information content (AvgIpc) is 2.68. The van der Waals surface area contributed by atoms with Crippen molar-refractivity contribution in [1.29, 1.82) is 0 Å². The second-order valence-corrected chi connectivity index (χ2v) is 5.49. The fourth-order valence-electron chi connectivity index (χ4n) is 3.13. The normalized spacial score (nSPS) is 17.3. The number of aryl methyl sites for hydroxylation is 1. The van der Waals surface area contributed by atoms with Crippen LogP contribution in [0.2, 0.25) is 0 Å². The molecular weight excluding hydrogens is 222 g/mol. The second kappa shape index (κ2) is 6.37. The first-order valence-electron chi connectivity index (χ1n) is 7.49. The molecule has 1 aromatic heterocycles. The van der Waals surface area contributed by atoms with Gasteiger partial charge in [0.05, 0.1) is 11.7 Å². The topological polar surface area (TPSA) is 29.9 Å². The summed E-state index contributed by atoms with van der Waals surface area (Å²) in [6.45, 7) is 8.68. The van der Waals surface area contributed by atoms with Gasteiger partial charge in [-0.3, -0.25) is 4.68 Å². The smallest absolute Gasteiger partial charge is 0.0629 e. The van der Waals surface area contributed by atoms with Gasteiger partial charge in [0.2, 0.25) is 0 Å². The van der Waals surface area contributed by atoms with E-state index in [9.17, 15) is 0 Å². The second-order valence-electron chi connectivity index (χ2n) is 5.49. The number of nitrogens with zero attached hydrogens (tertiary/aromatic N) is 2. The van der Waals surface area contributed by atoms with Crippen molar-refractivity contribution in [3.8, 4) is 0 Å². The van der Waals surface area contributed by atoms with E-state index in [4.69, 9.17) is 5.10 Å². The molecule has 0 bridgehead atoms. The van der Waals surface area contributed by atoms with Crippen molar-refractivity contribution in [2.45, 2.75) is 65.3 Å². The molecule has 2 rings (SSSR count). The van der Waals surface area contributed by atoms with Gasteiger partial charge in [-0.05, 0) is 51.8 Å². The molecule has 1 saturated carbocycles. The predicted octanol–water partition coefficient (Wildman–Crippen LogP) is 3.16. The van der Waals surface area contributed by atoms with Gasteiger partial charge >= 0.3 is 0 Å². The SMILES string of the molecule is CCNCCc1c(C)nn(C2CCCCC2)c1C. The Labute approximate surface area is 111 Å². The third kappa shape index (κ3) is 2.94. The molecule has 102 valence electrons. The Morgan fingerprint density at radius 1 is 1.22 bits per heavy atom. The highest BCUT2D eigenvalue weighted by Crippen LogP contribution is 2.30. The summed E-state index contributed by atoms with van der Waals surface area (Å²) in [5, 5.41) is 8.20. The van der Waals surface area contributed by atoms with E-state index in [1.807, 2.05) is 0 Å². The fourth-order valence-corrected chi connectivity index (χ4v) is 3.13. The van der Waals surface area contributed by atoms with Crippen molar-refractivity contribution in [3.63, 3.8) is 0 Å². The molecule has 0 atom stereocenters. The van der Waals surface area contributed by atoms with Gasteiger partial charge in [0.15, 0.2) is 0 Å². The zero-order chi connectivity index (χ0) is 13.0. The summed E-state index contributed by atoms with van der Waals surface area (Å²) in [6.07, 6.45) is 7.88. The molecule has 1 heterocycles. The van der Waals surface area contributed by atoms with Crippen molar-refractivity contribution in [2.75, 3.05) is 13.1 Å². The largest absolute Gasteiger partial charge is 0.317 e. The van der Waals surface area contributed by atoms with E-state index in [1.54, 1.807) is 0 Å². The number of hydrogen-bond acceptors (Lipinski definition) is 2. The Balaban J connectivity index is 2.09. The summed E-state index contributed by atoms with van der Waals surface area (Å²) >= 11 is 0. The van der Waals surface area contributed by atoms with Crippen molar-refractivity contribution < 1.29 is 0 Å². The van der Waals surface area contributed by atoms with Crippen molar-refractivity contribution >= 4 is 0 Å². The standard InChI is InChI=1S/C15H27N3/c1-4-16-11-10-15-12(2)17-18(13(15)3)14-8-6-5-7-9-14/h14,16H,4-11H2,1-3H3. The van der Waals surface area contributed by atoms with Crippen LogP contribution in [0.25, 0.3) is 0 Å². The molecule has 0 amide bonds. The van der Waals surface area contributed by atoms with E-state index < -0.39 is 0 Å². The van der Waals surface area contributed by atoms with Crippen LogP contribution in [0.1, 0.15) is 62.0 Å². The van der Waals surface area contributed by atoms with E-state index in [2.05, 4.69) is 30.8 Å². The van der Waals surface area contributed by atoms with Gasteiger partial charge in [0.1, 0.15) is 0 Å². The zero-order valence-electron chi connectivity index (χ0n) is 12.1. The van der Waals surface area contributed by atoms with Gasteiger partial charge in [-0.15, -0.1) is 0 Å². The van der Waals surface area contributed by atoms with Crippen LogP contribution in [0.5, 0.6) is 0 Å². The van der Waals surface area contributed by atoms with Crippen LogP contribution in [-0.2, 0) is 6.42 Å². The summed E-state index contributed by atoms with van der Waals surface area (Å²) in [5.41, 5.74) is 4.09. The molecule has 0 unspecified atom stereocenters. The molecule has 0 aromatic carbocycles. The first kappa shape index (κ1) is 13.6. The van der Waals surface area contributed by atoms with Crippen molar-refractivity contribution in [3.05, 3.63) is 17.0 Å². The molecule has 1 fully saturated rings. The van der Waals surface area contributed by atoms with Crippen LogP contribution >= 0.6 is 0 Å². The van der Waals surface area contributed by atoms with Crippen LogP contribution in [0, 0.1) is 13.8 Å². The van der Waals surface area contributed by atoms with Crippen LogP contribution in [0.3, 0.4) is 0 Å². The highest BCUT2D eigenvalue weighted by atomic mass is 15.3. The van der Waals surface area contributed by atoms with Crippen molar-refractivity contribution in [1.82, 2.24) is 15.1 Å². The van der Waals surface area contributed by atoms with Gasteiger partial charge in [-0.25, -0.2) is 0 Å². The number of nitrogens with one attached hydrogen (secondary N) is 1. The summed E-state index contributed by atoms with van der Waals surface area (Å²) in [6, 6.07) is 0.658. The molecule has 18 heavy (non-hydrogen) atoms. The minimum Gasteiger partial charge on any atom is -0.317 e. The van der Waals surface area contributed by atoms with Gasteiger partial charge in [0, 0.05) is 5.69 Å². The molecular formula is C15H27N3. The molecule has 0 aliphatic heterocycles. The van der Waals surface area contributed by atoms with E-state index in [0.717, 1.165) is 19.5 Å². The summed E-state index contributed by atoms with van der Waals surface area (Å²) in [7, 11) is 0. The van der Waals surface area contributed by atoms with Crippen molar-refractivity contribution in [2.24, 2.45) is 0 Å². The summed E-state index contributed by atoms with van der Waals surface area (Å²) in [5.74, 6) is 0. The molecule has 0 spiro atoms. The summed E-state index contributed by atoms with van der Waals surface area (Å²) < 4.78 is 2.32. The lowest BCUT2D eigenvalue weighted by Gasteiger charge is -2.23. The van der Waals surface area contributed by atoms with Gasteiger partial charge in [0.25, 0.3) is 0 Å². The molecule has 3 nitrogen and oxygen atoms in total. The minimum atomic E-state index is 0.658. The van der Waals surface area contributed by atoms with E-state index in [-0.39, 0.29) is 0 Å². The number of likely N-dealkylation sites (N-methyl/N-ethyl adjacent to an activating group) is 1. The van der Waals surface area contributed by atoms with E-state index in [1.165, 1.54) is 49.1 Å². The Kier molecular flexibility index (Phi) is 4.81. The third-order valence-electron chi connectivity index (χ3n) is 4.20. The maximum Gasteiger partial charge on any atom is 0.0629 e. The van der Waals surface area contributed by atoms with Crippen LogP contribution in [0.4, 0.5) is 0 Å². The number of aromatic nitrogens is 2. The Morgan fingerprint density at radius 3 is 2.61 bits per heavy atom. The molecule has 1 aliphatic carbocycles. The maximum atomic E-state index is 4.80. The highest BCUT2D eigenvalue weighted by molar-refractivity contribution is 5.25. The van der Waals surface area contributed by atoms with E-state index in [0.29, 0.717) is 6.04 Å². The molecule has 3 heteroatoms. The molecule has 0 radical (unpaired) electrons. The van der Waals surface area contributed by atoms with Gasteiger partial charge < -0.3 is 5.32 Å². The molecule has 1 aromatic rings. The van der Waals surface area contributed by atoms with Crippen LogP contribution < -0.4 is 5.32 Å². The predicted molar refractivity (Wildman–Crippen MR) is 76.1 cm³/mol. The fraction of sp³-hybridized carbons (Fsp3) is 0.800. The van der Waals surface area contributed by atoms with Crippen LogP contribution in [-0.4, -0.2) is 22.9 Å². The highest BCUT2D eigenvalue weighted by Gasteiger charge is 2.20. The molecule has 0 saturated heterocycles. The number of rotatable bonds is 5. The Morgan fingerprint density at radius 2 is 1.94 bits per heavy atom. The zero-order valence-corrected chi connectivity index (χ0v) is 12.1. The first-order chi connectivity index (χ1) is 8.74. The van der Waals surface area contributed by atoms with Gasteiger partial charge in [-0.2, -0.15) is 5.10 Å². The van der Waals surface area contributed by atoms with Gasteiger partial charge in [-0.1, -0.05) is 26.2 Å². The average molecular weight is 249 g/mol. The monoisotopic (exact) mass is 249 g/mol. The molecule has 1 aliphatic rings. The number of hydrogen-bond donors (Lipinski definition) is 1. The first-order valence-corrected chi connectivity index (χ1v) is 7.49. The minimum absolute atomic E-state index is 0.658. The van der Waals surface area contributed by atoms with Crippen LogP contribution in [0.15, 0.2) is 0 Å². The Hall–Kier alpha value is -0.830. The van der Waals surface area contributed by atoms with E-state index >= 15 is 0 Å². The molecule has 1 N–H and O–H groups in total. The lowest BCUT2D eigenvalue weighted by Crippen LogP contribution is -2.17. The maximum absolute atomic E-state index is 4.80.